The summed E-state index contributed by atoms with van der Waals surface area (Å²) in [5.74, 6) is -0.853. The number of aliphatic carboxylic acids is 1. The molecule has 1 aromatic rings. The van der Waals surface area contributed by atoms with Crippen LogP contribution >= 0.6 is 0 Å². The number of ether oxygens (including phenoxy) is 1. The number of aromatic nitrogens is 2. The minimum atomic E-state index is -0.853. The van der Waals surface area contributed by atoms with Crippen molar-refractivity contribution in [3.05, 3.63) is 24.3 Å². The summed E-state index contributed by atoms with van der Waals surface area (Å²) in [6.07, 6.45) is 3.12. The fourth-order valence-electron chi connectivity index (χ4n) is 1.67. The Bertz CT molecular complexity index is 358. The predicted octanol–water partition coefficient (Wildman–Crippen LogP) is -0.238. The number of hydrogen-bond donors (Lipinski definition) is 1. The molecule has 16 heavy (non-hydrogen) atoms. The Morgan fingerprint density at radius 1 is 1.69 bits per heavy atom. The van der Waals surface area contributed by atoms with Crippen molar-refractivity contribution in [1.82, 2.24) is 14.9 Å². The SMILES string of the molecule is O=C(O)C1COCCN1Cc1ccncn1. The summed E-state index contributed by atoms with van der Waals surface area (Å²) in [7, 11) is 0. The molecule has 0 amide bonds. The number of hydrogen-bond acceptors (Lipinski definition) is 5. The molecule has 0 bridgehead atoms. The highest BCUT2D eigenvalue weighted by atomic mass is 16.5. The summed E-state index contributed by atoms with van der Waals surface area (Å²) in [5, 5.41) is 9.03. The van der Waals surface area contributed by atoms with Crippen molar-refractivity contribution in [2.24, 2.45) is 0 Å². The van der Waals surface area contributed by atoms with Gasteiger partial charge in [-0.05, 0) is 6.07 Å². The van der Waals surface area contributed by atoms with Gasteiger partial charge in [-0.2, -0.15) is 0 Å². The molecule has 1 atom stereocenters. The van der Waals surface area contributed by atoms with E-state index in [1.54, 1.807) is 12.3 Å². The molecule has 6 nitrogen and oxygen atoms in total. The van der Waals surface area contributed by atoms with Gasteiger partial charge in [0, 0.05) is 19.3 Å². The standard InChI is InChI=1S/C10H13N3O3/c14-10(15)9-6-16-4-3-13(9)5-8-1-2-11-7-12-8/h1-2,7,9H,3-6H2,(H,14,15). The van der Waals surface area contributed by atoms with Crippen LogP contribution in [0.15, 0.2) is 18.6 Å². The molecule has 2 rings (SSSR count). The maximum Gasteiger partial charge on any atom is 0.323 e. The van der Waals surface area contributed by atoms with Crippen LogP contribution in [0, 0.1) is 0 Å². The lowest BCUT2D eigenvalue weighted by Crippen LogP contribution is -2.49. The summed E-state index contributed by atoms with van der Waals surface area (Å²) in [6, 6.07) is 1.21. The number of carboxylic acid groups (broad SMARTS) is 1. The number of nitrogens with zero attached hydrogens (tertiary/aromatic N) is 3. The molecule has 1 unspecified atom stereocenters. The highest BCUT2D eigenvalue weighted by Gasteiger charge is 2.29. The Morgan fingerprint density at radius 2 is 2.56 bits per heavy atom. The van der Waals surface area contributed by atoms with Gasteiger partial charge in [0.05, 0.1) is 18.9 Å². The third-order valence-electron chi connectivity index (χ3n) is 2.53. The van der Waals surface area contributed by atoms with Crippen LogP contribution < -0.4 is 0 Å². The average Bonchev–Trinajstić information content (AvgIpc) is 2.31. The van der Waals surface area contributed by atoms with Crippen molar-refractivity contribution in [2.75, 3.05) is 19.8 Å². The predicted molar refractivity (Wildman–Crippen MR) is 54.7 cm³/mol. The van der Waals surface area contributed by atoms with E-state index in [0.717, 1.165) is 5.69 Å². The number of carboxylic acids is 1. The van der Waals surface area contributed by atoms with Crippen LogP contribution in [0.2, 0.25) is 0 Å². The molecule has 1 aliphatic heterocycles. The monoisotopic (exact) mass is 223 g/mol. The Kier molecular flexibility index (Phi) is 3.43. The molecular formula is C10H13N3O3. The Hall–Kier alpha value is -1.53. The van der Waals surface area contributed by atoms with E-state index in [4.69, 9.17) is 9.84 Å². The van der Waals surface area contributed by atoms with Crippen LogP contribution in [0.1, 0.15) is 5.69 Å². The number of morpholine rings is 1. The molecule has 1 N–H and O–H groups in total. The molecular weight excluding hydrogens is 210 g/mol. The van der Waals surface area contributed by atoms with Gasteiger partial charge in [0.1, 0.15) is 12.4 Å². The van der Waals surface area contributed by atoms with E-state index < -0.39 is 12.0 Å². The lowest BCUT2D eigenvalue weighted by Gasteiger charge is -2.32. The van der Waals surface area contributed by atoms with Gasteiger partial charge in [-0.25, -0.2) is 9.97 Å². The zero-order valence-electron chi connectivity index (χ0n) is 8.74. The molecule has 0 spiro atoms. The van der Waals surface area contributed by atoms with E-state index in [-0.39, 0.29) is 6.61 Å². The minimum Gasteiger partial charge on any atom is -0.480 e. The maximum absolute atomic E-state index is 11.0. The van der Waals surface area contributed by atoms with Gasteiger partial charge in [0.25, 0.3) is 0 Å². The number of carbonyl (C=O) groups is 1. The molecule has 0 saturated carbocycles. The molecule has 0 aromatic carbocycles. The van der Waals surface area contributed by atoms with Crippen molar-refractivity contribution in [3.63, 3.8) is 0 Å². The van der Waals surface area contributed by atoms with Crippen LogP contribution in [0.4, 0.5) is 0 Å². The fourth-order valence-corrected chi connectivity index (χ4v) is 1.67. The van der Waals surface area contributed by atoms with Gasteiger partial charge in [0.15, 0.2) is 0 Å². The fraction of sp³-hybridized carbons (Fsp3) is 0.500. The van der Waals surface area contributed by atoms with Gasteiger partial charge in [-0.15, -0.1) is 0 Å². The Morgan fingerprint density at radius 3 is 3.25 bits per heavy atom. The topological polar surface area (TPSA) is 75.6 Å². The van der Waals surface area contributed by atoms with Crippen LogP contribution in [0.25, 0.3) is 0 Å². The molecule has 1 saturated heterocycles. The van der Waals surface area contributed by atoms with Crippen LogP contribution in [-0.4, -0.2) is 51.7 Å². The summed E-state index contributed by atoms with van der Waals surface area (Å²) in [4.78, 5) is 20.8. The smallest absolute Gasteiger partial charge is 0.323 e. The van der Waals surface area contributed by atoms with E-state index in [1.807, 2.05) is 4.90 Å². The lowest BCUT2D eigenvalue weighted by molar-refractivity contribution is -0.150. The molecule has 0 aliphatic carbocycles. The highest BCUT2D eigenvalue weighted by molar-refractivity contribution is 5.73. The van der Waals surface area contributed by atoms with Crippen LogP contribution in [0.3, 0.4) is 0 Å². The van der Waals surface area contributed by atoms with E-state index in [9.17, 15) is 4.79 Å². The quantitative estimate of drug-likeness (QED) is 0.762. The molecule has 1 aliphatic rings. The third kappa shape index (κ3) is 2.53. The second kappa shape index (κ2) is 5.00. The van der Waals surface area contributed by atoms with E-state index in [0.29, 0.717) is 19.7 Å². The van der Waals surface area contributed by atoms with Gasteiger partial charge < -0.3 is 9.84 Å². The summed E-state index contributed by atoms with van der Waals surface area (Å²) in [6.45, 7) is 1.93. The van der Waals surface area contributed by atoms with E-state index in [2.05, 4.69) is 9.97 Å². The third-order valence-corrected chi connectivity index (χ3v) is 2.53. The van der Waals surface area contributed by atoms with Crippen molar-refractivity contribution in [1.29, 1.82) is 0 Å². The van der Waals surface area contributed by atoms with Gasteiger partial charge in [0.2, 0.25) is 0 Å². The molecule has 0 radical (unpaired) electrons. The van der Waals surface area contributed by atoms with Crippen molar-refractivity contribution >= 4 is 5.97 Å². The minimum absolute atomic E-state index is 0.237. The zero-order valence-corrected chi connectivity index (χ0v) is 8.74. The van der Waals surface area contributed by atoms with Gasteiger partial charge in [-0.3, -0.25) is 9.69 Å². The Labute approximate surface area is 92.9 Å². The second-order valence-corrected chi connectivity index (χ2v) is 3.60. The first kappa shape index (κ1) is 11.0. The van der Waals surface area contributed by atoms with Crippen molar-refractivity contribution in [2.45, 2.75) is 12.6 Å². The van der Waals surface area contributed by atoms with Crippen LogP contribution in [-0.2, 0) is 16.1 Å². The molecule has 2 heterocycles. The van der Waals surface area contributed by atoms with Gasteiger partial charge in [-0.1, -0.05) is 0 Å². The van der Waals surface area contributed by atoms with Crippen molar-refractivity contribution < 1.29 is 14.6 Å². The van der Waals surface area contributed by atoms with Gasteiger partial charge >= 0.3 is 5.97 Å². The normalized spacial score (nSPS) is 21.9. The largest absolute Gasteiger partial charge is 0.480 e. The summed E-state index contributed by atoms with van der Waals surface area (Å²) < 4.78 is 5.16. The summed E-state index contributed by atoms with van der Waals surface area (Å²) >= 11 is 0. The summed E-state index contributed by atoms with van der Waals surface area (Å²) in [5.41, 5.74) is 0.822. The number of rotatable bonds is 3. The highest BCUT2D eigenvalue weighted by Crippen LogP contribution is 2.10. The van der Waals surface area contributed by atoms with E-state index in [1.165, 1.54) is 6.33 Å². The second-order valence-electron chi connectivity index (χ2n) is 3.60. The molecule has 86 valence electrons. The maximum atomic E-state index is 11.0. The first-order chi connectivity index (χ1) is 7.77. The average molecular weight is 223 g/mol. The Balaban J connectivity index is 2.04. The molecule has 1 fully saturated rings. The zero-order chi connectivity index (χ0) is 11.4. The van der Waals surface area contributed by atoms with Crippen LogP contribution in [0.5, 0.6) is 0 Å². The molecule has 1 aromatic heterocycles. The van der Waals surface area contributed by atoms with E-state index >= 15 is 0 Å². The first-order valence-corrected chi connectivity index (χ1v) is 5.07. The van der Waals surface area contributed by atoms with Crippen molar-refractivity contribution in [3.8, 4) is 0 Å². The molecule has 6 heteroatoms. The lowest BCUT2D eigenvalue weighted by atomic mass is 10.2. The first-order valence-electron chi connectivity index (χ1n) is 5.07.